The summed E-state index contributed by atoms with van der Waals surface area (Å²) in [5.41, 5.74) is 6.32. The monoisotopic (exact) mass is 183 g/mol. The van der Waals surface area contributed by atoms with Gasteiger partial charge in [-0.05, 0) is 6.08 Å². The van der Waals surface area contributed by atoms with Crippen LogP contribution in [0.5, 0.6) is 0 Å². The van der Waals surface area contributed by atoms with Gasteiger partial charge in [0.1, 0.15) is 5.82 Å². The van der Waals surface area contributed by atoms with Crippen molar-refractivity contribution in [2.45, 2.75) is 27.7 Å². The molecule has 3 heteroatoms. The minimum absolute atomic E-state index is 0.535. The van der Waals surface area contributed by atoms with Crippen LogP contribution in [0, 0.1) is 0 Å². The summed E-state index contributed by atoms with van der Waals surface area (Å²) in [5.74, 6) is 0.535. The van der Waals surface area contributed by atoms with Crippen molar-refractivity contribution in [3.63, 3.8) is 0 Å². The molecular weight excluding hydrogens is 162 g/mol. The smallest absolute Gasteiger partial charge is 0.149 e. The minimum Gasteiger partial charge on any atom is -0.382 e. The molecule has 1 aromatic heterocycles. The van der Waals surface area contributed by atoms with Gasteiger partial charge in [-0.2, -0.15) is 0 Å². The summed E-state index contributed by atoms with van der Waals surface area (Å²) in [6.07, 6.45) is 3.34. The lowest BCUT2D eigenvalue weighted by atomic mass is 10.4. The van der Waals surface area contributed by atoms with Gasteiger partial charge in [-0.3, -0.25) is 0 Å². The van der Waals surface area contributed by atoms with Gasteiger partial charge in [0.25, 0.3) is 0 Å². The van der Waals surface area contributed by atoms with E-state index in [-0.39, 0.29) is 0 Å². The fourth-order valence-corrected chi connectivity index (χ4v) is 0.706. The Morgan fingerprint density at radius 1 is 1.38 bits per heavy atom. The number of hydrogen-bond donors (Lipinski definition) is 1. The van der Waals surface area contributed by atoms with Gasteiger partial charge in [0.15, 0.2) is 0 Å². The molecule has 0 saturated carbocycles. The number of nitrogen functional groups attached to an aromatic ring is 1. The van der Waals surface area contributed by atoms with Crippen LogP contribution >= 0.6 is 0 Å². The lowest BCUT2D eigenvalue weighted by Crippen LogP contribution is -1.91. The average Bonchev–Trinajstić information content (AvgIpc) is 2.52. The Morgan fingerprint density at radius 3 is 2.00 bits per heavy atom. The first kappa shape index (κ1) is 14.3. The maximum Gasteiger partial charge on any atom is 0.149 e. The quantitative estimate of drug-likeness (QED) is 0.727. The van der Waals surface area contributed by atoms with Crippen molar-refractivity contribution in [1.29, 1.82) is 0 Å². The van der Waals surface area contributed by atoms with Crippen molar-refractivity contribution < 1.29 is 0 Å². The van der Waals surface area contributed by atoms with Gasteiger partial charge in [-0.25, -0.2) is 4.98 Å². The zero-order valence-corrected chi connectivity index (χ0v) is 9.33. The summed E-state index contributed by atoms with van der Waals surface area (Å²) >= 11 is 0. The van der Waals surface area contributed by atoms with Crippen LogP contribution in [0.25, 0.3) is 6.08 Å². The van der Waals surface area contributed by atoms with E-state index in [0.29, 0.717) is 5.82 Å². The van der Waals surface area contributed by atoms with Crippen LogP contribution in [0.3, 0.4) is 0 Å². The number of aromatic nitrogens is 2. The highest BCUT2D eigenvalue weighted by molar-refractivity contribution is 5.55. The van der Waals surface area contributed by atoms with Crippen molar-refractivity contribution in [3.8, 4) is 0 Å². The number of imidazole rings is 1. The van der Waals surface area contributed by atoms with E-state index in [1.165, 1.54) is 0 Å². The molecular formula is C10H21N3. The van der Waals surface area contributed by atoms with Gasteiger partial charge in [0.05, 0.1) is 12.0 Å². The maximum absolute atomic E-state index is 5.45. The summed E-state index contributed by atoms with van der Waals surface area (Å²) in [5, 5.41) is 0. The van der Waals surface area contributed by atoms with Gasteiger partial charge in [-0.1, -0.05) is 34.3 Å². The van der Waals surface area contributed by atoms with Gasteiger partial charge >= 0.3 is 0 Å². The molecule has 13 heavy (non-hydrogen) atoms. The van der Waals surface area contributed by atoms with Crippen molar-refractivity contribution in [1.82, 2.24) is 9.55 Å². The molecule has 0 aliphatic carbocycles. The van der Waals surface area contributed by atoms with Gasteiger partial charge in [0, 0.05) is 7.05 Å². The Hall–Kier alpha value is -1.25. The number of hydrogen-bond acceptors (Lipinski definition) is 2. The topological polar surface area (TPSA) is 43.8 Å². The number of rotatable bonds is 1. The summed E-state index contributed by atoms with van der Waals surface area (Å²) < 4.78 is 1.82. The van der Waals surface area contributed by atoms with Crippen molar-refractivity contribution in [3.05, 3.63) is 18.6 Å². The molecule has 0 aliphatic rings. The summed E-state index contributed by atoms with van der Waals surface area (Å²) in [4.78, 5) is 3.86. The van der Waals surface area contributed by atoms with E-state index < -0.39 is 0 Å². The Kier molecular flexibility index (Phi) is 9.72. The predicted octanol–water partition coefficient (Wildman–Crippen LogP) is 2.70. The molecule has 0 bridgehead atoms. The standard InChI is InChI=1S/C6H9N3.2C2H6/c1-3-5-6(7)8-4-9(5)2;2*1-2/h3-4H,1,7H2,2H3;2*1-2H3. The largest absolute Gasteiger partial charge is 0.382 e. The first-order valence-electron chi connectivity index (χ1n) is 4.65. The molecule has 0 aromatic carbocycles. The SMILES string of the molecule is C=Cc1c(N)ncn1C.CC.CC. The molecule has 0 aliphatic heterocycles. The first-order valence-corrected chi connectivity index (χ1v) is 4.65. The van der Waals surface area contributed by atoms with Crippen LogP contribution in [0.4, 0.5) is 5.82 Å². The van der Waals surface area contributed by atoms with E-state index in [0.717, 1.165) is 5.69 Å². The summed E-state index contributed by atoms with van der Waals surface area (Å²) in [6, 6.07) is 0. The molecule has 0 spiro atoms. The maximum atomic E-state index is 5.45. The van der Waals surface area contributed by atoms with Gasteiger partial charge in [-0.15, -0.1) is 0 Å². The zero-order valence-electron chi connectivity index (χ0n) is 9.33. The fourth-order valence-electron chi connectivity index (χ4n) is 0.706. The van der Waals surface area contributed by atoms with Crippen LogP contribution in [-0.4, -0.2) is 9.55 Å². The van der Waals surface area contributed by atoms with E-state index >= 15 is 0 Å². The fraction of sp³-hybridized carbons (Fsp3) is 0.500. The molecule has 1 heterocycles. The van der Waals surface area contributed by atoms with Crippen LogP contribution < -0.4 is 5.73 Å². The molecule has 1 aromatic rings. The van der Waals surface area contributed by atoms with E-state index in [1.807, 2.05) is 39.3 Å². The molecule has 76 valence electrons. The molecule has 1 rings (SSSR count). The first-order chi connectivity index (χ1) is 6.25. The molecule has 2 N–H and O–H groups in total. The molecule has 0 amide bonds. The van der Waals surface area contributed by atoms with Crippen LogP contribution in [0.15, 0.2) is 12.9 Å². The normalized spacial score (nSPS) is 7.46. The van der Waals surface area contributed by atoms with E-state index in [4.69, 9.17) is 5.73 Å². The molecule has 0 unspecified atom stereocenters. The highest BCUT2D eigenvalue weighted by atomic mass is 15.1. The van der Waals surface area contributed by atoms with E-state index in [9.17, 15) is 0 Å². The Morgan fingerprint density at radius 2 is 1.85 bits per heavy atom. The summed E-state index contributed by atoms with van der Waals surface area (Å²) in [7, 11) is 1.88. The second kappa shape index (κ2) is 8.84. The number of nitrogens with zero attached hydrogens (tertiary/aromatic N) is 2. The van der Waals surface area contributed by atoms with Crippen molar-refractivity contribution in [2.75, 3.05) is 5.73 Å². The highest BCUT2D eigenvalue weighted by Crippen LogP contribution is 2.07. The van der Waals surface area contributed by atoms with Gasteiger partial charge in [0.2, 0.25) is 0 Å². The van der Waals surface area contributed by atoms with Crippen LogP contribution in [-0.2, 0) is 7.05 Å². The lowest BCUT2D eigenvalue weighted by molar-refractivity contribution is 0.903. The molecule has 0 saturated heterocycles. The molecule has 0 radical (unpaired) electrons. The highest BCUT2D eigenvalue weighted by Gasteiger charge is 1.97. The third kappa shape index (κ3) is 4.35. The predicted molar refractivity (Wildman–Crippen MR) is 60.4 cm³/mol. The Bertz CT molecular complexity index is 207. The summed E-state index contributed by atoms with van der Waals surface area (Å²) in [6.45, 7) is 11.6. The van der Waals surface area contributed by atoms with Crippen LogP contribution in [0.2, 0.25) is 0 Å². The van der Waals surface area contributed by atoms with Crippen LogP contribution in [0.1, 0.15) is 33.4 Å². The van der Waals surface area contributed by atoms with Crippen molar-refractivity contribution >= 4 is 11.9 Å². The van der Waals surface area contributed by atoms with E-state index in [1.54, 1.807) is 12.4 Å². The average molecular weight is 183 g/mol. The van der Waals surface area contributed by atoms with Crippen molar-refractivity contribution in [2.24, 2.45) is 7.05 Å². The lowest BCUT2D eigenvalue weighted by Gasteiger charge is -1.92. The molecule has 3 nitrogen and oxygen atoms in total. The third-order valence-corrected chi connectivity index (χ3v) is 1.21. The number of anilines is 1. The zero-order chi connectivity index (χ0) is 10.9. The number of nitrogens with two attached hydrogens (primary N) is 1. The van der Waals surface area contributed by atoms with E-state index in [2.05, 4.69) is 11.6 Å². The second-order valence-corrected chi connectivity index (χ2v) is 1.83. The molecule has 0 fully saturated rings. The third-order valence-electron chi connectivity index (χ3n) is 1.21. The molecule has 0 atom stereocenters. The van der Waals surface area contributed by atoms with Gasteiger partial charge < -0.3 is 10.3 Å². The number of aryl methyl sites for hydroxylation is 1. The Balaban J connectivity index is 0. The second-order valence-electron chi connectivity index (χ2n) is 1.83. The minimum atomic E-state index is 0.535. The Labute approximate surface area is 81.3 Å².